The van der Waals surface area contributed by atoms with Gasteiger partial charge in [0.2, 0.25) is 0 Å². The van der Waals surface area contributed by atoms with E-state index >= 15 is 0 Å². The van der Waals surface area contributed by atoms with Crippen LogP contribution in [0.4, 0.5) is 4.39 Å². The highest BCUT2D eigenvalue weighted by Gasteiger charge is 2.03. The number of halogens is 2. The minimum atomic E-state index is -0.146. The number of benzene rings is 1. The van der Waals surface area contributed by atoms with Crippen molar-refractivity contribution in [3.05, 3.63) is 45.5 Å². The molecule has 0 bridgehead atoms. The van der Waals surface area contributed by atoms with Gasteiger partial charge in [0.1, 0.15) is 5.82 Å². The lowest BCUT2D eigenvalue weighted by Gasteiger charge is -1.99. The summed E-state index contributed by atoms with van der Waals surface area (Å²) in [4.78, 5) is 1.08. The summed E-state index contributed by atoms with van der Waals surface area (Å²) in [6, 6.07) is 9.28. The van der Waals surface area contributed by atoms with E-state index in [4.69, 9.17) is 0 Å². The van der Waals surface area contributed by atoms with E-state index in [1.54, 1.807) is 30.4 Å². The Kier molecular flexibility index (Phi) is 2.70. The second-order valence-electron chi connectivity index (χ2n) is 3.07. The fraction of sp³-hybridized carbons (Fsp3) is 0.0909. The van der Waals surface area contributed by atoms with Crippen molar-refractivity contribution >= 4 is 27.3 Å². The highest BCUT2D eigenvalue weighted by molar-refractivity contribution is 9.11. The van der Waals surface area contributed by atoms with E-state index in [0.29, 0.717) is 5.56 Å². The number of rotatable bonds is 1. The minimum Gasteiger partial charge on any atom is -0.207 e. The Bertz CT molecular complexity index is 462. The second-order valence-corrected chi connectivity index (χ2v) is 5.53. The first-order valence-electron chi connectivity index (χ1n) is 4.18. The Morgan fingerprint density at radius 2 is 2.00 bits per heavy atom. The predicted octanol–water partition coefficient (Wildman–Crippen LogP) is 4.63. The van der Waals surface area contributed by atoms with Gasteiger partial charge in [-0.05, 0) is 52.2 Å². The minimum absolute atomic E-state index is 0.146. The molecule has 14 heavy (non-hydrogen) atoms. The van der Waals surface area contributed by atoms with Crippen molar-refractivity contribution < 1.29 is 4.39 Å². The summed E-state index contributed by atoms with van der Waals surface area (Å²) < 4.78 is 14.3. The van der Waals surface area contributed by atoms with Gasteiger partial charge >= 0.3 is 0 Å². The van der Waals surface area contributed by atoms with Crippen molar-refractivity contribution in [1.82, 2.24) is 0 Å². The lowest BCUT2D eigenvalue weighted by atomic mass is 10.1. The lowest BCUT2D eigenvalue weighted by molar-refractivity contribution is 0.619. The molecule has 0 N–H and O–H groups in total. The SMILES string of the molecule is Cc1ccc(-c2ccc(Br)s2)cc1F. The predicted molar refractivity (Wildman–Crippen MR) is 62.2 cm³/mol. The first-order chi connectivity index (χ1) is 6.66. The Hall–Kier alpha value is -0.670. The molecule has 1 heterocycles. The summed E-state index contributed by atoms with van der Waals surface area (Å²) in [5.74, 6) is -0.146. The first kappa shape index (κ1) is 9.87. The molecule has 0 saturated carbocycles. The Labute approximate surface area is 94.5 Å². The van der Waals surface area contributed by atoms with E-state index < -0.39 is 0 Å². The van der Waals surface area contributed by atoms with Crippen LogP contribution >= 0.6 is 27.3 Å². The first-order valence-corrected chi connectivity index (χ1v) is 5.79. The number of thiophene rings is 1. The molecular formula is C11H8BrFS. The molecular weight excluding hydrogens is 263 g/mol. The highest BCUT2D eigenvalue weighted by Crippen LogP contribution is 2.31. The molecule has 2 aromatic rings. The molecule has 0 fully saturated rings. The van der Waals surface area contributed by atoms with Crippen molar-refractivity contribution in [2.45, 2.75) is 6.92 Å². The van der Waals surface area contributed by atoms with Crippen LogP contribution in [0, 0.1) is 12.7 Å². The van der Waals surface area contributed by atoms with Gasteiger partial charge in [0.15, 0.2) is 0 Å². The molecule has 2 rings (SSSR count). The summed E-state index contributed by atoms with van der Waals surface area (Å²) in [6.07, 6.45) is 0. The van der Waals surface area contributed by atoms with Crippen LogP contribution in [0.25, 0.3) is 10.4 Å². The van der Waals surface area contributed by atoms with Crippen molar-refractivity contribution in [2.24, 2.45) is 0 Å². The maximum Gasteiger partial charge on any atom is 0.126 e. The topological polar surface area (TPSA) is 0 Å². The highest BCUT2D eigenvalue weighted by atomic mass is 79.9. The Morgan fingerprint density at radius 1 is 1.21 bits per heavy atom. The van der Waals surface area contributed by atoms with E-state index in [0.717, 1.165) is 14.2 Å². The van der Waals surface area contributed by atoms with Gasteiger partial charge < -0.3 is 0 Å². The van der Waals surface area contributed by atoms with E-state index in [2.05, 4.69) is 15.9 Å². The smallest absolute Gasteiger partial charge is 0.126 e. The molecule has 0 aliphatic rings. The molecule has 0 unspecified atom stereocenters. The van der Waals surface area contributed by atoms with Crippen LogP contribution in [0.5, 0.6) is 0 Å². The van der Waals surface area contributed by atoms with Crippen LogP contribution in [0.2, 0.25) is 0 Å². The van der Waals surface area contributed by atoms with E-state index in [-0.39, 0.29) is 5.82 Å². The molecule has 72 valence electrons. The van der Waals surface area contributed by atoms with Crippen LogP contribution in [0.15, 0.2) is 34.1 Å². The van der Waals surface area contributed by atoms with Gasteiger partial charge in [0.05, 0.1) is 3.79 Å². The van der Waals surface area contributed by atoms with Crippen LogP contribution < -0.4 is 0 Å². The maximum absolute atomic E-state index is 13.3. The van der Waals surface area contributed by atoms with Crippen molar-refractivity contribution in [2.75, 3.05) is 0 Å². The van der Waals surface area contributed by atoms with Gasteiger partial charge in [0.25, 0.3) is 0 Å². The molecule has 0 amide bonds. The average Bonchev–Trinajstić information content (AvgIpc) is 2.57. The number of hydrogen-bond donors (Lipinski definition) is 0. The quantitative estimate of drug-likeness (QED) is 0.709. The summed E-state index contributed by atoms with van der Waals surface area (Å²) >= 11 is 4.99. The van der Waals surface area contributed by atoms with Gasteiger partial charge in [-0.25, -0.2) is 4.39 Å². The summed E-state index contributed by atoms with van der Waals surface area (Å²) in [5, 5.41) is 0. The Morgan fingerprint density at radius 3 is 2.57 bits per heavy atom. The third kappa shape index (κ3) is 1.88. The second kappa shape index (κ2) is 3.83. The van der Waals surface area contributed by atoms with Gasteiger partial charge in [0, 0.05) is 4.88 Å². The molecule has 0 saturated heterocycles. The van der Waals surface area contributed by atoms with Gasteiger partial charge in [-0.2, -0.15) is 0 Å². The van der Waals surface area contributed by atoms with Crippen LogP contribution in [-0.2, 0) is 0 Å². The van der Waals surface area contributed by atoms with E-state index in [9.17, 15) is 4.39 Å². The summed E-state index contributed by atoms with van der Waals surface area (Å²) in [7, 11) is 0. The largest absolute Gasteiger partial charge is 0.207 e. The van der Waals surface area contributed by atoms with E-state index in [1.165, 1.54) is 0 Å². The molecule has 0 spiro atoms. The molecule has 3 heteroatoms. The number of hydrogen-bond acceptors (Lipinski definition) is 1. The maximum atomic E-state index is 13.3. The van der Waals surface area contributed by atoms with Crippen molar-refractivity contribution in [1.29, 1.82) is 0 Å². The normalized spacial score (nSPS) is 10.5. The van der Waals surface area contributed by atoms with Crippen LogP contribution in [0.3, 0.4) is 0 Å². The van der Waals surface area contributed by atoms with Crippen LogP contribution in [-0.4, -0.2) is 0 Å². The molecule has 0 nitrogen and oxygen atoms in total. The third-order valence-electron chi connectivity index (χ3n) is 2.03. The third-order valence-corrected chi connectivity index (χ3v) is 3.70. The summed E-state index contributed by atoms with van der Waals surface area (Å²) in [5.41, 5.74) is 1.62. The van der Waals surface area contributed by atoms with Crippen molar-refractivity contribution in [3.63, 3.8) is 0 Å². The van der Waals surface area contributed by atoms with E-state index in [1.807, 2.05) is 18.2 Å². The number of aryl methyl sites for hydroxylation is 1. The molecule has 1 aromatic heterocycles. The van der Waals surface area contributed by atoms with Gasteiger partial charge in [-0.1, -0.05) is 12.1 Å². The fourth-order valence-electron chi connectivity index (χ4n) is 1.22. The molecule has 0 radical (unpaired) electrons. The van der Waals surface area contributed by atoms with Crippen LogP contribution in [0.1, 0.15) is 5.56 Å². The molecule has 0 aliphatic heterocycles. The monoisotopic (exact) mass is 270 g/mol. The summed E-state index contributed by atoms with van der Waals surface area (Å²) in [6.45, 7) is 1.77. The molecule has 0 aliphatic carbocycles. The Balaban J connectivity index is 2.47. The lowest BCUT2D eigenvalue weighted by Crippen LogP contribution is -1.81. The molecule has 0 atom stereocenters. The standard InChI is InChI=1S/C11H8BrFS/c1-7-2-3-8(6-9(7)13)10-4-5-11(12)14-10/h2-6H,1H3. The molecule has 1 aromatic carbocycles. The van der Waals surface area contributed by atoms with Gasteiger partial charge in [-0.3, -0.25) is 0 Å². The zero-order valence-electron chi connectivity index (χ0n) is 7.55. The van der Waals surface area contributed by atoms with Gasteiger partial charge in [-0.15, -0.1) is 11.3 Å². The zero-order valence-corrected chi connectivity index (χ0v) is 9.95. The average molecular weight is 271 g/mol. The zero-order chi connectivity index (χ0) is 10.1. The fourth-order valence-corrected chi connectivity index (χ4v) is 2.60. The van der Waals surface area contributed by atoms with Crippen molar-refractivity contribution in [3.8, 4) is 10.4 Å².